The molecule has 0 unspecified atom stereocenters. The molecule has 0 spiro atoms. The average Bonchev–Trinajstić information content (AvgIpc) is 0.743. The second-order valence-corrected chi connectivity index (χ2v) is 24.1. The first-order chi connectivity index (χ1) is 46.0. The minimum absolute atomic E-state index is 0.00338. The van der Waals surface area contributed by atoms with E-state index in [-0.39, 0.29) is 121 Å². The molecule has 2 N–H and O–H groups in total. The third-order valence-corrected chi connectivity index (χ3v) is 15.0. The predicted octanol–water partition coefficient (Wildman–Crippen LogP) is 7.49. The van der Waals surface area contributed by atoms with Crippen LogP contribution in [-0.2, 0) is 92.5 Å². The first-order valence-corrected chi connectivity index (χ1v) is 34.5. The Hall–Kier alpha value is -4.86. The highest BCUT2D eigenvalue weighted by Gasteiger charge is 2.30. The Kier molecular flexibility index (Phi) is 42.4. The number of carbonyl (C=O) groups excluding carboxylic acids is 1. The highest BCUT2D eigenvalue weighted by molar-refractivity contribution is 7.85. The smallest absolute Gasteiger partial charge is 0.345 e. The van der Waals surface area contributed by atoms with E-state index in [4.69, 9.17) is 90.0 Å². The number of carboxylic acids is 1. The number of methoxy groups -OCH3 is 4. The molecule has 1 heterocycles. The lowest BCUT2D eigenvalue weighted by Crippen LogP contribution is -2.38. The van der Waals surface area contributed by atoms with Gasteiger partial charge < -0.3 is 95.1 Å². The van der Waals surface area contributed by atoms with Crippen LogP contribution >= 0.6 is 0 Å². The minimum atomic E-state index is -4.42. The van der Waals surface area contributed by atoms with E-state index in [1.807, 2.05) is 32.3 Å². The maximum Gasteiger partial charge on any atom is 0.345 e. The molecule has 0 bridgehead atoms. The van der Waals surface area contributed by atoms with Gasteiger partial charge in [-0.2, -0.15) is 13.0 Å². The molecule has 4 rings (SSSR count). The van der Waals surface area contributed by atoms with Gasteiger partial charge in [0, 0.05) is 73.4 Å². The van der Waals surface area contributed by atoms with Crippen molar-refractivity contribution in [3.05, 3.63) is 70.8 Å². The molecule has 540 valence electrons. The fourth-order valence-electron chi connectivity index (χ4n) is 9.60. The van der Waals surface area contributed by atoms with Crippen molar-refractivity contribution < 1.29 is 122 Å². The number of carboxylic acid groups (broad SMARTS) is 1. The van der Waals surface area contributed by atoms with Gasteiger partial charge >= 0.3 is 11.9 Å². The van der Waals surface area contributed by atoms with Crippen molar-refractivity contribution >= 4 is 43.9 Å². The van der Waals surface area contributed by atoms with Crippen LogP contribution in [0, 0.1) is 13.8 Å². The topological polar surface area (TPSA) is 288 Å². The first kappa shape index (κ1) is 82.6. The van der Waals surface area contributed by atoms with Crippen molar-refractivity contribution in [2.24, 2.45) is 0 Å². The van der Waals surface area contributed by atoms with Gasteiger partial charge in [-0.1, -0.05) is 27.7 Å². The summed E-state index contributed by atoms with van der Waals surface area (Å²) in [6.07, 6.45) is -0.539. The van der Waals surface area contributed by atoms with Gasteiger partial charge in [-0.15, -0.1) is 0 Å². The van der Waals surface area contributed by atoms with Gasteiger partial charge in [-0.05, 0) is 87.1 Å². The zero-order valence-corrected chi connectivity index (χ0v) is 58.5. The van der Waals surface area contributed by atoms with E-state index in [9.17, 15) is 22.9 Å². The number of nitrogens with zero attached hydrogens (tertiary/aromatic N) is 1. The van der Waals surface area contributed by atoms with Crippen LogP contribution in [0.4, 0.5) is 0 Å². The summed E-state index contributed by atoms with van der Waals surface area (Å²) in [5.41, 5.74) is 1.72. The summed E-state index contributed by atoms with van der Waals surface area (Å²) in [6.45, 7) is 17.7. The van der Waals surface area contributed by atoms with E-state index in [0.717, 1.165) is 25.7 Å². The summed E-state index contributed by atoms with van der Waals surface area (Å²) in [4.78, 5) is 27.8. The van der Waals surface area contributed by atoms with Crippen LogP contribution in [0.15, 0.2) is 48.5 Å². The van der Waals surface area contributed by atoms with E-state index in [2.05, 4.69) is 0 Å². The lowest BCUT2D eigenvalue weighted by atomic mass is 10.0. The van der Waals surface area contributed by atoms with Crippen LogP contribution in [0.1, 0.15) is 91.6 Å². The summed E-state index contributed by atoms with van der Waals surface area (Å²) in [6, 6.07) is 13.1. The first-order valence-electron chi connectivity index (χ1n) is 32.8. The third kappa shape index (κ3) is 32.6. The molecule has 4 aromatic rings. The Morgan fingerprint density at radius 1 is 0.453 bits per heavy atom. The van der Waals surface area contributed by atoms with Gasteiger partial charge in [0.2, 0.25) is 11.0 Å². The number of aromatic nitrogens is 1. The number of esters is 1. The number of carbonyl (C=O) groups is 2. The zero-order valence-electron chi connectivity index (χ0n) is 57.6. The number of hydrogen-bond acceptors (Lipinski definition) is 23. The Balaban J connectivity index is 2.01. The van der Waals surface area contributed by atoms with Crippen LogP contribution in [0.3, 0.4) is 0 Å². The highest BCUT2D eigenvalue weighted by atomic mass is 32.2. The fourth-order valence-corrected chi connectivity index (χ4v) is 10.1. The van der Waals surface area contributed by atoms with Gasteiger partial charge in [0.05, 0.1) is 160 Å². The Morgan fingerprint density at radius 2 is 0.779 bits per heavy atom. The summed E-state index contributed by atoms with van der Waals surface area (Å²) in [7, 11) is 1.90. The molecule has 0 saturated carbocycles. The highest BCUT2D eigenvalue weighted by Crippen LogP contribution is 2.34. The van der Waals surface area contributed by atoms with Crippen molar-refractivity contribution in [2.75, 3.05) is 193 Å². The Bertz CT molecular complexity index is 2740. The second kappa shape index (κ2) is 48.8. The minimum Gasteiger partial charge on any atom is -0.486 e. The van der Waals surface area contributed by atoms with Crippen molar-refractivity contribution in [1.29, 1.82) is 0 Å². The molecule has 0 fully saturated rings. The predicted molar refractivity (Wildman–Crippen MR) is 354 cm³/mol. The molecule has 0 amide bonds. The lowest BCUT2D eigenvalue weighted by molar-refractivity contribution is -0.645. The maximum absolute atomic E-state index is 15.6. The van der Waals surface area contributed by atoms with E-state index in [0.29, 0.717) is 112 Å². The summed E-state index contributed by atoms with van der Waals surface area (Å²) in [5, 5.41) is 10.6. The Labute approximate surface area is 561 Å². The molecule has 26 nitrogen and oxygen atoms in total. The molecular formula is C68H108NO25S+. The molecule has 0 saturated heterocycles. The summed E-state index contributed by atoms with van der Waals surface area (Å²) >= 11 is 0. The molecule has 3 aromatic carbocycles. The van der Waals surface area contributed by atoms with Crippen molar-refractivity contribution in [1.82, 2.24) is 0 Å². The molecule has 1 aromatic heterocycles. The van der Waals surface area contributed by atoms with Gasteiger partial charge in [0.1, 0.15) is 53.9 Å². The van der Waals surface area contributed by atoms with Crippen LogP contribution in [0.5, 0.6) is 17.2 Å². The SMILES string of the molecule is CCCOCC(COCCC)OCC(COC(COCCC)COCCC)Oc1ccc2c(c1)c(C(=O)Oc1c(C)cc(C(=O)O)cc1C)c1cc(OC(COC(COCCOC)COCCOC)COC(COCCOC)COCCOC)ccc1[n+]2CCCS(=O)(=O)O. The zero-order chi connectivity index (χ0) is 69.1. The number of pyridine rings is 1. The molecule has 95 heavy (non-hydrogen) atoms. The summed E-state index contributed by atoms with van der Waals surface area (Å²) < 4.78 is 151. The number of rotatable bonds is 59. The van der Waals surface area contributed by atoms with Crippen LogP contribution in [-0.4, -0.2) is 259 Å². The monoisotopic (exact) mass is 1370 g/mol. The van der Waals surface area contributed by atoms with E-state index in [1.165, 1.54) is 12.1 Å². The summed E-state index contributed by atoms with van der Waals surface area (Å²) in [5.74, 6) is -1.89. The normalized spacial score (nSPS) is 12.2. The molecule has 0 radical (unpaired) electrons. The number of aryl methyl sites for hydroxylation is 3. The maximum atomic E-state index is 15.6. The van der Waals surface area contributed by atoms with Crippen molar-refractivity contribution in [3.8, 4) is 17.2 Å². The lowest BCUT2D eigenvalue weighted by Gasteiger charge is -2.26. The Morgan fingerprint density at radius 3 is 1.07 bits per heavy atom. The number of fused-ring (bicyclic) bond motifs is 2. The van der Waals surface area contributed by atoms with Gasteiger partial charge in [0.15, 0.2) is 6.54 Å². The van der Waals surface area contributed by atoms with Crippen molar-refractivity contribution in [3.63, 3.8) is 0 Å². The molecular weight excluding hydrogens is 1260 g/mol. The van der Waals surface area contributed by atoms with Crippen LogP contribution in [0.2, 0.25) is 0 Å². The second-order valence-electron chi connectivity index (χ2n) is 22.5. The molecule has 27 heteroatoms. The van der Waals surface area contributed by atoms with Gasteiger partial charge in [-0.3, -0.25) is 4.55 Å². The van der Waals surface area contributed by atoms with E-state index < -0.39 is 64.4 Å². The van der Waals surface area contributed by atoms with E-state index >= 15 is 4.79 Å². The third-order valence-electron chi connectivity index (χ3n) is 14.2. The van der Waals surface area contributed by atoms with Crippen LogP contribution < -0.4 is 18.8 Å². The number of ether oxygens (including phenoxy) is 19. The molecule has 0 aliphatic heterocycles. The number of aromatic carboxylic acids is 1. The molecule has 0 aliphatic carbocycles. The molecule has 0 atom stereocenters. The molecule has 0 aliphatic rings. The number of benzene rings is 3. The quantitative estimate of drug-likeness (QED) is 0.0108. The largest absolute Gasteiger partial charge is 0.486 e. The fraction of sp³-hybridized carbons (Fsp3) is 0.691. The average molecular weight is 1370 g/mol. The van der Waals surface area contributed by atoms with Gasteiger partial charge in [0.25, 0.3) is 10.1 Å². The van der Waals surface area contributed by atoms with Crippen LogP contribution in [0.25, 0.3) is 21.8 Å². The van der Waals surface area contributed by atoms with Crippen molar-refractivity contribution in [2.45, 2.75) is 117 Å². The van der Waals surface area contributed by atoms with Gasteiger partial charge in [-0.25, -0.2) is 9.59 Å². The van der Waals surface area contributed by atoms with E-state index in [1.54, 1.807) is 78.7 Å². The number of hydrogen-bond donors (Lipinski definition) is 2. The standard InChI is InChI=1S/C68H107NO25S/c1-11-21-80-38-55(39-81-22-12-2)88-46-59(47-89-56(40-82-23-13-3)41-83-24-14-4)92-53-16-18-63-61(36-53)65(68(72)94-66-50(5)34-52(67(70)71)35-51(66)6)62-37-54(17-19-64(62)69(63)20-15-33-95(73,74)75)93-60(48-90-57(42-84-29-25-76-7)43-85-30-26-77-8)49-91-58(44-86-31-27-78-9)45-87-32-28-79-10/h16-19,34-37,55-60H,11-15,20-33,38-49H2,1-10H3,(H-,70,71,73,74,75)/p+1.